The van der Waals surface area contributed by atoms with Gasteiger partial charge in [0.05, 0.1) is 14.2 Å². The number of rotatable bonds is 12. The van der Waals surface area contributed by atoms with E-state index < -0.39 is 5.91 Å². The number of ether oxygens (including phenoxy) is 4. The van der Waals surface area contributed by atoms with Crippen LogP contribution in [-0.4, -0.2) is 48.5 Å². The fourth-order valence-electron chi connectivity index (χ4n) is 2.82. The van der Waals surface area contributed by atoms with E-state index in [0.717, 1.165) is 17.3 Å². The molecular weight excluding hydrogens is 488 g/mol. The second-order valence-corrected chi connectivity index (χ2v) is 8.71. The van der Waals surface area contributed by atoms with Crippen molar-refractivity contribution in [2.75, 3.05) is 38.5 Å². The zero-order valence-electron chi connectivity index (χ0n) is 19.4. The van der Waals surface area contributed by atoms with Crippen molar-refractivity contribution in [3.63, 3.8) is 0 Å². The number of thioether (sulfide) groups is 1. The summed E-state index contributed by atoms with van der Waals surface area (Å²) in [5.41, 5.74) is 0.528. The van der Waals surface area contributed by atoms with Gasteiger partial charge >= 0.3 is 0 Å². The van der Waals surface area contributed by atoms with Crippen LogP contribution in [0.4, 0.5) is 5.13 Å². The number of hydrogen-bond acceptors (Lipinski definition) is 10. The molecule has 1 heterocycles. The van der Waals surface area contributed by atoms with Gasteiger partial charge in [0.25, 0.3) is 5.91 Å². The quantitative estimate of drug-likeness (QED) is 0.160. The molecule has 182 valence electrons. The molecule has 0 spiro atoms. The van der Waals surface area contributed by atoms with E-state index in [9.17, 15) is 10.1 Å². The number of nitrogens with one attached hydrogen (secondary N) is 1. The minimum atomic E-state index is -0.564. The maximum atomic E-state index is 12.5. The van der Waals surface area contributed by atoms with Crippen molar-refractivity contribution in [2.24, 2.45) is 0 Å². The maximum Gasteiger partial charge on any atom is 0.268 e. The van der Waals surface area contributed by atoms with Crippen molar-refractivity contribution in [3.8, 4) is 29.1 Å². The van der Waals surface area contributed by atoms with E-state index in [1.54, 1.807) is 31.4 Å². The first-order chi connectivity index (χ1) is 17.1. The van der Waals surface area contributed by atoms with E-state index in [4.69, 9.17) is 18.9 Å². The first-order valence-electron chi connectivity index (χ1n) is 10.5. The maximum absolute atomic E-state index is 12.5. The Labute approximate surface area is 211 Å². The smallest absolute Gasteiger partial charge is 0.268 e. The van der Waals surface area contributed by atoms with Crippen LogP contribution in [0.2, 0.25) is 0 Å². The van der Waals surface area contributed by atoms with Crippen molar-refractivity contribution >= 4 is 40.4 Å². The van der Waals surface area contributed by atoms with Gasteiger partial charge in [0, 0.05) is 17.6 Å². The summed E-state index contributed by atoms with van der Waals surface area (Å²) in [5, 5.41) is 13.0. The molecule has 1 aromatic heterocycles. The van der Waals surface area contributed by atoms with Crippen molar-refractivity contribution in [1.29, 1.82) is 5.26 Å². The normalized spacial score (nSPS) is 10.9. The molecule has 2 aromatic carbocycles. The van der Waals surface area contributed by atoms with Crippen molar-refractivity contribution < 1.29 is 23.7 Å². The van der Waals surface area contributed by atoms with Gasteiger partial charge in [-0.2, -0.15) is 14.6 Å². The molecule has 1 N–H and O–H groups in total. The molecule has 35 heavy (non-hydrogen) atoms. The second-order valence-electron chi connectivity index (χ2n) is 6.73. The van der Waals surface area contributed by atoms with Gasteiger partial charge in [0.1, 0.15) is 36.4 Å². The Morgan fingerprint density at radius 1 is 1.11 bits per heavy atom. The lowest BCUT2D eigenvalue weighted by Gasteiger charge is -2.12. The van der Waals surface area contributed by atoms with Crippen LogP contribution >= 0.6 is 23.3 Å². The van der Waals surface area contributed by atoms with Gasteiger partial charge in [0.15, 0.2) is 11.5 Å². The lowest BCUT2D eigenvalue weighted by atomic mass is 10.1. The fraction of sp³-hybridized carbons (Fsp3) is 0.250. The predicted molar refractivity (Wildman–Crippen MR) is 136 cm³/mol. The molecule has 11 heteroatoms. The van der Waals surface area contributed by atoms with Gasteiger partial charge in [-0.25, -0.2) is 0 Å². The first kappa shape index (κ1) is 25.9. The van der Waals surface area contributed by atoms with E-state index >= 15 is 0 Å². The number of anilines is 1. The molecule has 0 aliphatic heterocycles. The van der Waals surface area contributed by atoms with Crippen LogP contribution in [0.5, 0.6) is 23.0 Å². The van der Waals surface area contributed by atoms with E-state index in [-0.39, 0.29) is 12.2 Å². The van der Waals surface area contributed by atoms with Crippen molar-refractivity contribution in [1.82, 2.24) is 9.36 Å². The predicted octanol–water partition coefficient (Wildman–Crippen LogP) is 4.67. The Morgan fingerprint density at radius 3 is 2.66 bits per heavy atom. The summed E-state index contributed by atoms with van der Waals surface area (Å²) in [4.78, 5) is 16.7. The summed E-state index contributed by atoms with van der Waals surface area (Å²) in [6.07, 6.45) is 1.47. The molecule has 0 atom stereocenters. The number of nitrogens with zero attached hydrogens (tertiary/aromatic N) is 3. The van der Waals surface area contributed by atoms with E-state index in [0.29, 0.717) is 45.5 Å². The van der Waals surface area contributed by atoms with Crippen LogP contribution in [0.1, 0.15) is 12.5 Å². The molecule has 0 unspecified atom stereocenters. The summed E-state index contributed by atoms with van der Waals surface area (Å²) in [5.74, 6) is 2.62. The number of amides is 1. The SMILES string of the molecule is CCSc1nsc(NC(=O)/C(C#N)=C\c2ccc(OCCOc3cccc(OC)c3)c(OC)c2)n1. The van der Waals surface area contributed by atoms with Gasteiger partial charge < -0.3 is 18.9 Å². The van der Waals surface area contributed by atoms with Crippen LogP contribution in [0.15, 0.2) is 53.2 Å². The molecule has 0 aliphatic carbocycles. The molecular formula is C24H24N4O5S2. The molecule has 0 bridgehead atoms. The molecule has 0 saturated heterocycles. The summed E-state index contributed by atoms with van der Waals surface area (Å²) >= 11 is 2.54. The van der Waals surface area contributed by atoms with Crippen molar-refractivity contribution in [2.45, 2.75) is 12.1 Å². The molecule has 9 nitrogen and oxygen atoms in total. The number of nitriles is 1. The monoisotopic (exact) mass is 512 g/mol. The molecule has 1 amide bonds. The Bertz CT molecular complexity index is 1220. The van der Waals surface area contributed by atoms with Gasteiger partial charge in [-0.05, 0) is 41.7 Å². The second kappa shape index (κ2) is 13.2. The highest BCUT2D eigenvalue weighted by molar-refractivity contribution is 7.99. The standard InChI is InChI=1S/C24H24N4O5S2/c1-4-34-24-27-23(35-28-24)26-22(29)17(15-25)12-16-8-9-20(21(13-16)31-3)33-11-10-32-19-7-5-6-18(14-19)30-2/h5-9,12-14H,4,10-11H2,1-3H3,(H,26,27,28,29)/b17-12-. The van der Waals surface area contributed by atoms with Gasteiger partial charge in [-0.15, -0.1) is 0 Å². The summed E-state index contributed by atoms with van der Waals surface area (Å²) in [6, 6.07) is 14.4. The summed E-state index contributed by atoms with van der Waals surface area (Å²) in [6.45, 7) is 2.59. The van der Waals surface area contributed by atoms with Crippen molar-refractivity contribution in [3.05, 3.63) is 53.6 Å². The van der Waals surface area contributed by atoms with Crippen LogP contribution in [0, 0.1) is 11.3 Å². The van der Waals surface area contributed by atoms with Crippen LogP contribution in [-0.2, 0) is 4.79 Å². The van der Waals surface area contributed by atoms with Crippen LogP contribution < -0.4 is 24.3 Å². The third-order valence-corrected chi connectivity index (χ3v) is 5.89. The third kappa shape index (κ3) is 7.63. The van der Waals surface area contributed by atoms with E-state index in [2.05, 4.69) is 14.7 Å². The van der Waals surface area contributed by atoms with E-state index in [1.165, 1.54) is 24.9 Å². The number of benzene rings is 2. The molecule has 3 rings (SSSR count). The minimum absolute atomic E-state index is 0.0766. The third-order valence-electron chi connectivity index (χ3n) is 4.42. The first-order valence-corrected chi connectivity index (χ1v) is 12.3. The fourth-order valence-corrected chi connectivity index (χ4v) is 4.09. The average Bonchev–Trinajstić information content (AvgIpc) is 3.32. The lowest BCUT2D eigenvalue weighted by molar-refractivity contribution is -0.112. The molecule has 0 fully saturated rings. The zero-order valence-corrected chi connectivity index (χ0v) is 21.1. The summed E-state index contributed by atoms with van der Waals surface area (Å²) < 4.78 is 26.2. The molecule has 0 saturated carbocycles. The Balaban J connectivity index is 1.61. The number of hydrogen-bond donors (Lipinski definition) is 1. The zero-order chi connectivity index (χ0) is 25.0. The highest BCUT2D eigenvalue weighted by Crippen LogP contribution is 2.29. The number of carbonyl (C=O) groups is 1. The number of aromatic nitrogens is 2. The average molecular weight is 513 g/mol. The Morgan fingerprint density at radius 2 is 1.91 bits per heavy atom. The number of carbonyl (C=O) groups excluding carboxylic acids is 1. The Kier molecular flexibility index (Phi) is 9.77. The van der Waals surface area contributed by atoms with Crippen LogP contribution in [0.3, 0.4) is 0 Å². The number of methoxy groups -OCH3 is 2. The van der Waals surface area contributed by atoms with Crippen LogP contribution in [0.25, 0.3) is 6.08 Å². The largest absolute Gasteiger partial charge is 0.497 e. The highest BCUT2D eigenvalue weighted by Gasteiger charge is 2.14. The van der Waals surface area contributed by atoms with Gasteiger partial charge in [-0.1, -0.05) is 30.8 Å². The van der Waals surface area contributed by atoms with E-state index in [1.807, 2.05) is 31.2 Å². The Hall–Kier alpha value is -3.75. The topological polar surface area (TPSA) is 116 Å². The highest BCUT2D eigenvalue weighted by atomic mass is 32.2. The molecule has 3 aromatic rings. The molecule has 0 radical (unpaired) electrons. The molecule has 0 aliphatic rings. The lowest BCUT2D eigenvalue weighted by Crippen LogP contribution is -2.13. The van der Waals surface area contributed by atoms with Gasteiger partial charge in [0.2, 0.25) is 10.3 Å². The van der Waals surface area contributed by atoms with Gasteiger partial charge in [-0.3, -0.25) is 10.1 Å². The minimum Gasteiger partial charge on any atom is -0.497 e. The summed E-state index contributed by atoms with van der Waals surface area (Å²) in [7, 11) is 3.11.